The van der Waals surface area contributed by atoms with E-state index < -0.39 is 0 Å². The van der Waals surface area contributed by atoms with Crippen LogP contribution in [0, 0.1) is 0 Å². The molecule has 1 aliphatic rings. The fourth-order valence-corrected chi connectivity index (χ4v) is 1.85. The van der Waals surface area contributed by atoms with Gasteiger partial charge >= 0.3 is 5.97 Å². The zero-order valence-corrected chi connectivity index (χ0v) is 8.67. The van der Waals surface area contributed by atoms with E-state index in [4.69, 9.17) is 4.74 Å². The Hall–Kier alpha value is 0.200. The van der Waals surface area contributed by atoms with E-state index in [1.807, 2.05) is 0 Å². The number of rotatable bonds is 1. The van der Waals surface area contributed by atoms with Crippen LogP contribution in [0.2, 0.25) is 0 Å². The zero-order valence-electron chi connectivity index (χ0n) is 6.51. The lowest BCUT2D eigenvalue weighted by Gasteiger charge is -2.17. The molecule has 1 saturated heterocycles. The normalized spacial score (nSPS) is 27.0. The fraction of sp³-hybridized carbons (Fsp3) is 0.875. The molecule has 1 rings (SSSR count). The van der Waals surface area contributed by atoms with Gasteiger partial charge in [0, 0.05) is 10.8 Å². The monoisotopic (exact) mass is 268 g/mol. The number of hydrogen-bond donors (Lipinski definition) is 0. The van der Waals surface area contributed by atoms with Crippen molar-refractivity contribution in [3.8, 4) is 0 Å². The molecule has 1 aliphatic heterocycles. The Kier molecular flexibility index (Phi) is 4.18. The first kappa shape index (κ1) is 9.29. The summed E-state index contributed by atoms with van der Waals surface area (Å²) < 4.78 is 6.13. The van der Waals surface area contributed by atoms with Crippen molar-refractivity contribution in [1.82, 2.24) is 0 Å². The van der Waals surface area contributed by atoms with Crippen LogP contribution in [0.4, 0.5) is 0 Å². The van der Waals surface area contributed by atoms with Crippen molar-refractivity contribution in [2.75, 3.05) is 4.43 Å². The molecule has 1 heterocycles. The van der Waals surface area contributed by atoms with Crippen LogP contribution in [0.3, 0.4) is 0 Å². The van der Waals surface area contributed by atoms with Crippen LogP contribution in [0.1, 0.15) is 32.1 Å². The lowest BCUT2D eigenvalue weighted by molar-refractivity contribution is -0.149. The van der Waals surface area contributed by atoms with Gasteiger partial charge in [-0.05, 0) is 19.3 Å². The van der Waals surface area contributed by atoms with Crippen molar-refractivity contribution >= 4 is 28.6 Å². The number of esters is 1. The first-order chi connectivity index (χ1) is 5.33. The average Bonchev–Trinajstić information content (AvgIpc) is 1.96. The molecule has 3 heteroatoms. The molecule has 0 N–H and O–H groups in total. The first-order valence-electron chi connectivity index (χ1n) is 4.08. The number of ether oxygens (including phenoxy) is 1. The highest BCUT2D eigenvalue weighted by molar-refractivity contribution is 14.1. The van der Waals surface area contributed by atoms with Gasteiger partial charge < -0.3 is 4.74 Å². The van der Waals surface area contributed by atoms with Gasteiger partial charge in [0.2, 0.25) is 0 Å². The van der Waals surface area contributed by atoms with Crippen LogP contribution in [0.15, 0.2) is 0 Å². The van der Waals surface area contributed by atoms with Crippen LogP contribution in [-0.2, 0) is 9.53 Å². The molecule has 64 valence electrons. The maximum Gasteiger partial charge on any atom is 0.306 e. The van der Waals surface area contributed by atoms with Crippen LogP contribution in [0.5, 0.6) is 0 Å². The number of carbonyl (C=O) groups excluding carboxylic acids is 1. The Labute approximate surface area is 80.8 Å². The second-order valence-electron chi connectivity index (χ2n) is 2.87. The standard InChI is InChI=1S/C8H13IO2/c9-6-7-4-2-1-3-5-8(10)11-7/h7H,1-6H2. The van der Waals surface area contributed by atoms with E-state index in [0.717, 1.165) is 17.3 Å². The third-order valence-electron chi connectivity index (χ3n) is 1.88. The minimum atomic E-state index is -0.00799. The summed E-state index contributed by atoms with van der Waals surface area (Å²) in [6.45, 7) is 0. The molecule has 11 heavy (non-hydrogen) atoms. The Bertz CT molecular complexity index is 136. The van der Waals surface area contributed by atoms with Gasteiger partial charge in [0.1, 0.15) is 6.10 Å². The van der Waals surface area contributed by atoms with E-state index in [2.05, 4.69) is 22.6 Å². The van der Waals surface area contributed by atoms with Gasteiger partial charge in [-0.2, -0.15) is 0 Å². The second kappa shape index (κ2) is 4.95. The largest absolute Gasteiger partial charge is 0.462 e. The molecule has 0 aromatic carbocycles. The van der Waals surface area contributed by atoms with Gasteiger partial charge in [-0.15, -0.1) is 0 Å². The second-order valence-corrected chi connectivity index (χ2v) is 3.75. The van der Waals surface area contributed by atoms with Gasteiger partial charge in [-0.3, -0.25) is 4.79 Å². The quantitative estimate of drug-likeness (QED) is 0.414. The summed E-state index contributed by atoms with van der Waals surface area (Å²) in [5, 5.41) is 0. The van der Waals surface area contributed by atoms with Crippen molar-refractivity contribution in [2.24, 2.45) is 0 Å². The number of cyclic esters (lactones) is 1. The Morgan fingerprint density at radius 2 is 2.27 bits per heavy atom. The van der Waals surface area contributed by atoms with E-state index in [-0.39, 0.29) is 12.1 Å². The van der Waals surface area contributed by atoms with Crippen LogP contribution in [-0.4, -0.2) is 16.5 Å². The molecule has 0 aliphatic carbocycles. The number of halogens is 1. The lowest BCUT2D eigenvalue weighted by Crippen LogP contribution is -2.21. The molecule has 0 bridgehead atoms. The third kappa shape index (κ3) is 3.40. The summed E-state index contributed by atoms with van der Waals surface area (Å²) in [4.78, 5) is 11.0. The minimum Gasteiger partial charge on any atom is -0.462 e. The van der Waals surface area contributed by atoms with Gasteiger partial charge in [0.15, 0.2) is 0 Å². The van der Waals surface area contributed by atoms with Crippen molar-refractivity contribution < 1.29 is 9.53 Å². The highest BCUT2D eigenvalue weighted by Gasteiger charge is 2.15. The van der Waals surface area contributed by atoms with Crippen LogP contribution >= 0.6 is 22.6 Å². The maximum atomic E-state index is 11.0. The maximum absolute atomic E-state index is 11.0. The van der Waals surface area contributed by atoms with E-state index >= 15 is 0 Å². The van der Waals surface area contributed by atoms with Crippen molar-refractivity contribution in [3.05, 3.63) is 0 Å². The van der Waals surface area contributed by atoms with Crippen LogP contribution < -0.4 is 0 Å². The molecule has 1 atom stereocenters. The van der Waals surface area contributed by atoms with Gasteiger partial charge in [-0.25, -0.2) is 0 Å². The zero-order chi connectivity index (χ0) is 8.10. The number of carbonyl (C=O) groups is 1. The Morgan fingerprint density at radius 3 is 3.00 bits per heavy atom. The number of hydrogen-bond acceptors (Lipinski definition) is 2. The molecular weight excluding hydrogens is 255 g/mol. The van der Waals surface area contributed by atoms with Crippen molar-refractivity contribution in [1.29, 1.82) is 0 Å². The highest BCUT2D eigenvalue weighted by Crippen LogP contribution is 2.15. The fourth-order valence-electron chi connectivity index (χ4n) is 1.23. The summed E-state index contributed by atoms with van der Waals surface area (Å²) in [5.41, 5.74) is 0. The smallest absolute Gasteiger partial charge is 0.306 e. The van der Waals surface area contributed by atoms with E-state index in [1.54, 1.807) is 0 Å². The predicted octanol–water partition coefficient (Wildman–Crippen LogP) is 2.30. The molecule has 0 radical (unpaired) electrons. The summed E-state index contributed by atoms with van der Waals surface area (Å²) in [6.07, 6.45) is 5.25. The molecule has 0 aromatic rings. The van der Waals surface area contributed by atoms with Gasteiger partial charge in [-0.1, -0.05) is 29.0 Å². The van der Waals surface area contributed by atoms with E-state index in [9.17, 15) is 4.79 Å². The van der Waals surface area contributed by atoms with Gasteiger partial charge in [0.25, 0.3) is 0 Å². The van der Waals surface area contributed by atoms with E-state index in [0.29, 0.717) is 6.42 Å². The lowest BCUT2D eigenvalue weighted by atomic mass is 10.1. The highest BCUT2D eigenvalue weighted by atomic mass is 127. The van der Waals surface area contributed by atoms with Crippen molar-refractivity contribution in [2.45, 2.75) is 38.2 Å². The third-order valence-corrected chi connectivity index (χ3v) is 2.86. The van der Waals surface area contributed by atoms with Gasteiger partial charge in [0.05, 0.1) is 0 Å². The average molecular weight is 268 g/mol. The molecule has 2 nitrogen and oxygen atoms in total. The summed E-state index contributed by atoms with van der Waals surface area (Å²) in [6, 6.07) is 0. The number of alkyl halides is 1. The van der Waals surface area contributed by atoms with Crippen LogP contribution in [0.25, 0.3) is 0 Å². The molecule has 0 saturated carbocycles. The molecule has 0 aromatic heterocycles. The van der Waals surface area contributed by atoms with E-state index in [1.165, 1.54) is 12.8 Å². The first-order valence-corrected chi connectivity index (χ1v) is 5.61. The summed E-state index contributed by atoms with van der Waals surface area (Å²) >= 11 is 2.27. The summed E-state index contributed by atoms with van der Waals surface area (Å²) in [5.74, 6) is -0.00799. The molecule has 0 spiro atoms. The summed E-state index contributed by atoms with van der Waals surface area (Å²) in [7, 11) is 0. The Morgan fingerprint density at radius 1 is 1.45 bits per heavy atom. The molecule has 1 fully saturated rings. The molecule has 1 unspecified atom stereocenters. The Balaban J connectivity index is 2.35. The van der Waals surface area contributed by atoms with Crippen molar-refractivity contribution in [3.63, 3.8) is 0 Å². The topological polar surface area (TPSA) is 26.3 Å². The molecule has 0 amide bonds. The predicted molar refractivity (Wildman–Crippen MR) is 51.9 cm³/mol. The SMILES string of the molecule is O=C1CCCCCC(CI)O1. The minimum absolute atomic E-state index is 0.00799. The molecular formula is C8H13IO2.